The first kappa shape index (κ1) is 18.4. The molecule has 4 rings (SSSR count). The van der Waals surface area contributed by atoms with Crippen LogP contribution in [0.2, 0.25) is 0 Å². The summed E-state index contributed by atoms with van der Waals surface area (Å²) in [5, 5.41) is 20.7. The van der Waals surface area contributed by atoms with Gasteiger partial charge in [0.2, 0.25) is 0 Å². The Hall–Kier alpha value is -1.92. The number of aryl methyl sites for hydroxylation is 1. The first-order valence-corrected chi connectivity index (χ1v) is 9.83. The molecule has 0 saturated carbocycles. The van der Waals surface area contributed by atoms with Crippen LogP contribution in [0.4, 0.5) is 0 Å². The van der Waals surface area contributed by atoms with Crippen LogP contribution in [0.1, 0.15) is 35.6 Å². The van der Waals surface area contributed by atoms with Crippen molar-refractivity contribution in [2.75, 3.05) is 26.2 Å². The predicted octanol–water partition coefficient (Wildman–Crippen LogP) is 2.45. The van der Waals surface area contributed by atoms with Crippen molar-refractivity contribution in [2.24, 2.45) is 5.92 Å². The second kappa shape index (κ2) is 7.60. The molecular weight excluding hydrogens is 338 g/mol. The Balaban J connectivity index is 1.39. The largest absolute Gasteiger partial charge is 0.508 e. The van der Waals surface area contributed by atoms with Gasteiger partial charge in [0.15, 0.2) is 0 Å². The third-order valence-corrected chi connectivity index (χ3v) is 6.17. The minimum absolute atomic E-state index is 0.239. The smallest absolute Gasteiger partial charge is 0.115 e. The summed E-state index contributed by atoms with van der Waals surface area (Å²) >= 11 is 0. The SMILES string of the molecule is Cc1ccccc1C1(O)CCN(CC2CNNC2c2ccc(O)cc2)CC1. The average Bonchev–Trinajstić information content (AvgIpc) is 3.13. The summed E-state index contributed by atoms with van der Waals surface area (Å²) in [4.78, 5) is 2.47. The van der Waals surface area contributed by atoms with E-state index in [1.54, 1.807) is 12.1 Å². The van der Waals surface area contributed by atoms with Crippen molar-refractivity contribution >= 4 is 0 Å². The fourth-order valence-corrected chi connectivity index (χ4v) is 4.54. The summed E-state index contributed by atoms with van der Waals surface area (Å²) in [7, 11) is 0. The zero-order valence-corrected chi connectivity index (χ0v) is 15.9. The minimum Gasteiger partial charge on any atom is -0.508 e. The number of benzene rings is 2. The lowest BCUT2D eigenvalue weighted by Crippen LogP contribution is -2.45. The van der Waals surface area contributed by atoms with E-state index in [2.05, 4.69) is 34.8 Å². The van der Waals surface area contributed by atoms with E-state index in [4.69, 9.17) is 0 Å². The molecule has 0 bridgehead atoms. The molecule has 144 valence electrons. The second-order valence-corrected chi connectivity index (χ2v) is 8.00. The highest BCUT2D eigenvalue weighted by Gasteiger charge is 2.37. The van der Waals surface area contributed by atoms with Crippen LogP contribution in [0.15, 0.2) is 48.5 Å². The summed E-state index contributed by atoms with van der Waals surface area (Å²) in [6.45, 7) is 5.81. The van der Waals surface area contributed by atoms with E-state index in [0.29, 0.717) is 11.7 Å². The van der Waals surface area contributed by atoms with Crippen LogP contribution < -0.4 is 10.9 Å². The molecule has 0 aliphatic carbocycles. The van der Waals surface area contributed by atoms with Crippen molar-refractivity contribution in [1.29, 1.82) is 0 Å². The van der Waals surface area contributed by atoms with Crippen LogP contribution in [0.5, 0.6) is 5.75 Å². The number of piperidine rings is 1. The molecule has 2 saturated heterocycles. The van der Waals surface area contributed by atoms with E-state index >= 15 is 0 Å². The molecule has 2 heterocycles. The molecule has 5 heteroatoms. The van der Waals surface area contributed by atoms with Crippen molar-refractivity contribution < 1.29 is 10.2 Å². The van der Waals surface area contributed by atoms with Crippen LogP contribution in [-0.4, -0.2) is 41.3 Å². The van der Waals surface area contributed by atoms with E-state index in [1.807, 2.05) is 24.3 Å². The summed E-state index contributed by atoms with van der Waals surface area (Å²) in [6.07, 6.45) is 1.55. The second-order valence-electron chi connectivity index (χ2n) is 8.00. The van der Waals surface area contributed by atoms with E-state index in [1.165, 1.54) is 11.1 Å². The van der Waals surface area contributed by atoms with Crippen LogP contribution in [0.25, 0.3) is 0 Å². The number of nitrogens with one attached hydrogen (secondary N) is 2. The van der Waals surface area contributed by atoms with Gasteiger partial charge in [-0.2, -0.15) is 0 Å². The fourth-order valence-electron chi connectivity index (χ4n) is 4.54. The molecule has 2 aliphatic rings. The molecule has 5 nitrogen and oxygen atoms in total. The molecule has 2 aliphatic heterocycles. The number of hydrogen-bond donors (Lipinski definition) is 4. The molecule has 2 atom stereocenters. The Kier molecular flexibility index (Phi) is 5.19. The molecule has 27 heavy (non-hydrogen) atoms. The highest BCUT2D eigenvalue weighted by atomic mass is 16.3. The summed E-state index contributed by atoms with van der Waals surface area (Å²) in [6, 6.07) is 15.9. The van der Waals surface area contributed by atoms with Crippen LogP contribution in [-0.2, 0) is 5.60 Å². The fraction of sp³-hybridized carbons (Fsp3) is 0.455. The lowest BCUT2D eigenvalue weighted by Gasteiger charge is -2.40. The number of hydrogen-bond acceptors (Lipinski definition) is 5. The molecule has 0 spiro atoms. The standard InChI is InChI=1S/C22H29N3O2/c1-16-4-2-3-5-20(16)22(27)10-12-25(13-11-22)15-18-14-23-24-21(18)17-6-8-19(26)9-7-17/h2-9,18,21,23-24,26-27H,10-15H2,1H3. The topological polar surface area (TPSA) is 67.8 Å². The van der Waals surface area contributed by atoms with Gasteiger partial charge in [0.25, 0.3) is 0 Å². The maximum absolute atomic E-state index is 11.2. The number of likely N-dealkylation sites (tertiary alicyclic amines) is 1. The molecule has 0 aromatic heterocycles. The summed E-state index contributed by atoms with van der Waals surface area (Å²) in [5.41, 5.74) is 9.40. The zero-order valence-electron chi connectivity index (χ0n) is 15.9. The normalized spacial score (nSPS) is 25.6. The Labute approximate surface area is 161 Å². The molecule has 2 fully saturated rings. The van der Waals surface area contributed by atoms with E-state index in [9.17, 15) is 10.2 Å². The quantitative estimate of drug-likeness (QED) is 0.668. The Morgan fingerprint density at radius 1 is 1.07 bits per heavy atom. The Bertz CT molecular complexity index is 769. The highest BCUT2D eigenvalue weighted by Crippen LogP contribution is 2.35. The number of rotatable bonds is 4. The van der Waals surface area contributed by atoms with Crippen molar-refractivity contribution in [2.45, 2.75) is 31.4 Å². The van der Waals surface area contributed by atoms with E-state index < -0.39 is 5.60 Å². The van der Waals surface area contributed by atoms with Gasteiger partial charge in [0.1, 0.15) is 5.75 Å². The number of phenols is 1. The average molecular weight is 367 g/mol. The van der Waals surface area contributed by atoms with Gasteiger partial charge in [0, 0.05) is 32.1 Å². The maximum Gasteiger partial charge on any atom is 0.115 e. The molecule has 2 aromatic carbocycles. The Morgan fingerprint density at radius 2 is 1.78 bits per heavy atom. The van der Waals surface area contributed by atoms with Crippen LogP contribution in [0.3, 0.4) is 0 Å². The minimum atomic E-state index is -0.704. The molecular formula is C22H29N3O2. The number of nitrogens with zero attached hydrogens (tertiary/aromatic N) is 1. The van der Waals surface area contributed by atoms with Gasteiger partial charge in [-0.1, -0.05) is 36.4 Å². The zero-order chi connectivity index (χ0) is 18.9. The van der Waals surface area contributed by atoms with Crippen molar-refractivity contribution in [3.8, 4) is 5.75 Å². The third kappa shape index (κ3) is 3.87. The molecule has 4 N–H and O–H groups in total. The summed E-state index contributed by atoms with van der Waals surface area (Å²) < 4.78 is 0. The summed E-state index contributed by atoms with van der Waals surface area (Å²) in [5.74, 6) is 0.756. The van der Waals surface area contributed by atoms with Crippen molar-refractivity contribution in [1.82, 2.24) is 15.8 Å². The Morgan fingerprint density at radius 3 is 2.48 bits per heavy atom. The monoisotopic (exact) mass is 367 g/mol. The molecule has 0 amide bonds. The van der Waals surface area contributed by atoms with Crippen LogP contribution >= 0.6 is 0 Å². The van der Waals surface area contributed by atoms with Gasteiger partial charge in [-0.15, -0.1) is 0 Å². The van der Waals surface area contributed by atoms with E-state index in [0.717, 1.165) is 44.6 Å². The number of phenolic OH excluding ortho intramolecular Hbond substituents is 1. The van der Waals surface area contributed by atoms with Gasteiger partial charge >= 0.3 is 0 Å². The van der Waals surface area contributed by atoms with Crippen molar-refractivity contribution in [3.63, 3.8) is 0 Å². The maximum atomic E-state index is 11.2. The number of aromatic hydroxyl groups is 1. The van der Waals surface area contributed by atoms with Gasteiger partial charge in [-0.25, -0.2) is 5.43 Å². The first-order chi connectivity index (χ1) is 13.0. The van der Waals surface area contributed by atoms with Gasteiger partial charge < -0.3 is 15.1 Å². The lowest BCUT2D eigenvalue weighted by molar-refractivity contribution is -0.0292. The predicted molar refractivity (Wildman–Crippen MR) is 106 cm³/mol. The molecule has 2 aromatic rings. The molecule has 0 radical (unpaired) electrons. The van der Waals surface area contributed by atoms with E-state index in [-0.39, 0.29) is 6.04 Å². The van der Waals surface area contributed by atoms with Gasteiger partial charge in [-0.05, 0) is 48.6 Å². The lowest BCUT2D eigenvalue weighted by atomic mass is 9.82. The molecule has 2 unspecified atom stereocenters. The number of aliphatic hydroxyl groups is 1. The first-order valence-electron chi connectivity index (χ1n) is 9.83. The third-order valence-electron chi connectivity index (χ3n) is 6.17. The highest BCUT2D eigenvalue weighted by molar-refractivity contribution is 5.32. The van der Waals surface area contributed by atoms with Gasteiger partial charge in [0.05, 0.1) is 11.6 Å². The van der Waals surface area contributed by atoms with Crippen molar-refractivity contribution in [3.05, 3.63) is 65.2 Å². The van der Waals surface area contributed by atoms with Crippen LogP contribution in [0, 0.1) is 12.8 Å². The number of hydrazine groups is 1. The van der Waals surface area contributed by atoms with Gasteiger partial charge in [-0.3, -0.25) is 5.43 Å².